The maximum absolute atomic E-state index is 12.1. The third-order valence-corrected chi connectivity index (χ3v) is 2.85. The van der Waals surface area contributed by atoms with Gasteiger partial charge >= 0.3 is 5.97 Å². The summed E-state index contributed by atoms with van der Waals surface area (Å²) in [4.78, 5) is 22.9. The van der Waals surface area contributed by atoms with Crippen molar-refractivity contribution in [3.63, 3.8) is 0 Å². The molecule has 0 saturated carbocycles. The first-order chi connectivity index (χ1) is 9.11. The zero-order chi connectivity index (χ0) is 13.8. The van der Waals surface area contributed by atoms with Crippen molar-refractivity contribution in [3.05, 3.63) is 70.8 Å². The summed E-state index contributed by atoms with van der Waals surface area (Å²) in [7, 11) is 0. The van der Waals surface area contributed by atoms with Crippen molar-refractivity contribution in [1.29, 1.82) is 0 Å². The number of benzene rings is 2. The Morgan fingerprint density at radius 1 is 0.842 bits per heavy atom. The Bertz CT molecular complexity index is 600. The molecule has 0 aliphatic rings. The van der Waals surface area contributed by atoms with E-state index in [0.29, 0.717) is 17.7 Å². The van der Waals surface area contributed by atoms with Crippen LogP contribution in [0.1, 0.15) is 31.8 Å². The topological polar surface area (TPSA) is 80.4 Å². The van der Waals surface area contributed by atoms with Gasteiger partial charge in [0.1, 0.15) is 0 Å². The molecule has 0 spiro atoms. The fraction of sp³-hybridized carbons (Fsp3) is 0.0667. The van der Waals surface area contributed by atoms with Gasteiger partial charge in [0.05, 0.1) is 5.56 Å². The van der Waals surface area contributed by atoms with Crippen molar-refractivity contribution in [3.8, 4) is 0 Å². The van der Waals surface area contributed by atoms with Crippen LogP contribution < -0.4 is 5.73 Å². The average Bonchev–Trinajstić information content (AvgIpc) is 2.46. The molecule has 0 bridgehead atoms. The van der Waals surface area contributed by atoms with E-state index in [1.54, 1.807) is 24.3 Å². The fourth-order valence-electron chi connectivity index (χ4n) is 1.72. The van der Waals surface area contributed by atoms with Crippen LogP contribution >= 0.6 is 0 Å². The summed E-state index contributed by atoms with van der Waals surface area (Å²) in [5.74, 6) is -1.15. The number of hydrogen-bond donors (Lipinski definition) is 2. The lowest BCUT2D eigenvalue weighted by Crippen LogP contribution is -2.04. The first-order valence-corrected chi connectivity index (χ1v) is 5.79. The molecule has 0 atom stereocenters. The maximum atomic E-state index is 12.1. The molecule has 19 heavy (non-hydrogen) atoms. The van der Waals surface area contributed by atoms with E-state index in [1.807, 2.05) is 0 Å². The molecular formula is C15H13NO3. The van der Waals surface area contributed by atoms with E-state index in [9.17, 15) is 9.59 Å². The van der Waals surface area contributed by atoms with Crippen molar-refractivity contribution in [2.75, 3.05) is 0 Å². The minimum atomic E-state index is -1.01. The molecule has 0 aliphatic carbocycles. The number of carbonyl (C=O) groups is 2. The molecule has 0 heterocycles. The number of hydrogen-bond acceptors (Lipinski definition) is 3. The lowest BCUT2D eigenvalue weighted by Gasteiger charge is -2.03. The van der Waals surface area contributed by atoms with Crippen LogP contribution in [0.5, 0.6) is 0 Å². The predicted octanol–water partition coefficient (Wildman–Crippen LogP) is 2.07. The third-order valence-electron chi connectivity index (χ3n) is 2.85. The molecule has 0 amide bonds. The van der Waals surface area contributed by atoms with E-state index >= 15 is 0 Å². The van der Waals surface area contributed by atoms with Gasteiger partial charge in [-0.15, -0.1) is 0 Å². The highest BCUT2D eigenvalue weighted by molar-refractivity contribution is 6.09. The Morgan fingerprint density at radius 2 is 1.26 bits per heavy atom. The summed E-state index contributed by atoms with van der Waals surface area (Å²) in [6.45, 7) is 0.432. The smallest absolute Gasteiger partial charge is 0.335 e. The second-order valence-electron chi connectivity index (χ2n) is 4.11. The van der Waals surface area contributed by atoms with Gasteiger partial charge in [-0.05, 0) is 17.7 Å². The van der Waals surface area contributed by atoms with Crippen LogP contribution in [-0.4, -0.2) is 16.9 Å². The Labute approximate surface area is 110 Å². The molecule has 0 radical (unpaired) electrons. The zero-order valence-corrected chi connectivity index (χ0v) is 10.2. The van der Waals surface area contributed by atoms with Crippen molar-refractivity contribution >= 4 is 11.8 Å². The Balaban J connectivity index is 2.25. The summed E-state index contributed by atoms with van der Waals surface area (Å²) in [6, 6.07) is 12.9. The van der Waals surface area contributed by atoms with E-state index in [-0.39, 0.29) is 11.3 Å². The zero-order valence-electron chi connectivity index (χ0n) is 10.2. The average molecular weight is 255 g/mol. The second-order valence-corrected chi connectivity index (χ2v) is 4.11. The third kappa shape index (κ3) is 2.86. The molecule has 4 heteroatoms. The van der Waals surface area contributed by atoms with Crippen LogP contribution in [0.15, 0.2) is 48.5 Å². The molecule has 4 nitrogen and oxygen atoms in total. The van der Waals surface area contributed by atoms with E-state index in [0.717, 1.165) is 5.56 Å². The Morgan fingerprint density at radius 3 is 1.68 bits per heavy atom. The summed E-state index contributed by atoms with van der Waals surface area (Å²) >= 11 is 0. The summed E-state index contributed by atoms with van der Waals surface area (Å²) in [5, 5.41) is 8.79. The SMILES string of the molecule is NCc1ccc(C(=O)c2ccc(C(=O)O)cc2)cc1. The predicted molar refractivity (Wildman–Crippen MR) is 71.2 cm³/mol. The first kappa shape index (κ1) is 13.0. The number of nitrogens with two attached hydrogens (primary N) is 1. The van der Waals surface area contributed by atoms with Crippen LogP contribution in [0.25, 0.3) is 0 Å². The van der Waals surface area contributed by atoms with Crippen molar-refractivity contribution in [2.45, 2.75) is 6.54 Å². The van der Waals surface area contributed by atoms with Gasteiger partial charge in [-0.25, -0.2) is 4.79 Å². The monoisotopic (exact) mass is 255 g/mol. The van der Waals surface area contributed by atoms with Gasteiger partial charge in [0.15, 0.2) is 5.78 Å². The minimum absolute atomic E-state index is 0.138. The molecule has 0 aromatic heterocycles. The Kier molecular flexibility index (Phi) is 3.73. The van der Waals surface area contributed by atoms with Crippen molar-refractivity contribution in [1.82, 2.24) is 0 Å². The molecule has 0 unspecified atom stereocenters. The highest BCUT2D eigenvalue weighted by atomic mass is 16.4. The maximum Gasteiger partial charge on any atom is 0.335 e. The Hall–Kier alpha value is -2.46. The summed E-state index contributed by atoms with van der Waals surface area (Å²) < 4.78 is 0. The molecule has 2 rings (SSSR count). The van der Waals surface area contributed by atoms with Crippen LogP contribution in [0.4, 0.5) is 0 Å². The second kappa shape index (κ2) is 5.46. The number of carboxylic acid groups (broad SMARTS) is 1. The lowest BCUT2D eigenvalue weighted by molar-refractivity contribution is 0.0696. The van der Waals surface area contributed by atoms with E-state index < -0.39 is 5.97 Å². The highest BCUT2D eigenvalue weighted by Gasteiger charge is 2.10. The van der Waals surface area contributed by atoms with Crippen LogP contribution in [0, 0.1) is 0 Å². The highest BCUT2D eigenvalue weighted by Crippen LogP contribution is 2.12. The van der Waals surface area contributed by atoms with Gasteiger partial charge in [-0.1, -0.05) is 36.4 Å². The van der Waals surface area contributed by atoms with E-state index in [1.165, 1.54) is 24.3 Å². The number of aromatic carboxylic acids is 1. The molecule has 0 saturated heterocycles. The largest absolute Gasteiger partial charge is 0.478 e. The van der Waals surface area contributed by atoms with E-state index in [2.05, 4.69) is 0 Å². The molecule has 2 aromatic carbocycles. The van der Waals surface area contributed by atoms with Crippen molar-refractivity contribution in [2.24, 2.45) is 5.73 Å². The number of carbonyl (C=O) groups excluding carboxylic acids is 1. The standard InChI is InChI=1S/C15H13NO3/c16-9-10-1-3-11(4-2-10)14(17)12-5-7-13(8-6-12)15(18)19/h1-8H,9,16H2,(H,18,19). The number of rotatable bonds is 4. The molecule has 3 N–H and O–H groups in total. The quantitative estimate of drug-likeness (QED) is 0.819. The van der Waals surface area contributed by atoms with Gasteiger partial charge in [-0.2, -0.15) is 0 Å². The molecule has 0 aliphatic heterocycles. The minimum Gasteiger partial charge on any atom is -0.478 e. The summed E-state index contributed by atoms with van der Waals surface area (Å²) in [6.07, 6.45) is 0. The van der Waals surface area contributed by atoms with Crippen molar-refractivity contribution < 1.29 is 14.7 Å². The first-order valence-electron chi connectivity index (χ1n) is 5.79. The van der Waals surface area contributed by atoms with Gasteiger partial charge in [0, 0.05) is 17.7 Å². The van der Waals surface area contributed by atoms with Gasteiger partial charge in [0.2, 0.25) is 0 Å². The fourth-order valence-corrected chi connectivity index (χ4v) is 1.72. The number of carboxylic acids is 1. The van der Waals surface area contributed by atoms with Crippen LogP contribution in [-0.2, 0) is 6.54 Å². The number of ketones is 1. The molecule has 2 aromatic rings. The van der Waals surface area contributed by atoms with Crippen LogP contribution in [0.2, 0.25) is 0 Å². The normalized spacial score (nSPS) is 10.2. The van der Waals surface area contributed by atoms with Gasteiger partial charge < -0.3 is 10.8 Å². The molecule has 96 valence electrons. The van der Waals surface area contributed by atoms with Crippen LogP contribution in [0.3, 0.4) is 0 Å². The molecule has 0 fully saturated rings. The van der Waals surface area contributed by atoms with Gasteiger partial charge in [-0.3, -0.25) is 4.79 Å². The lowest BCUT2D eigenvalue weighted by atomic mass is 10.0. The summed E-state index contributed by atoms with van der Waals surface area (Å²) in [5.41, 5.74) is 7.63. The molecular weight excluding hydrogens is 242 g/mol. The van der Waals surface area contributed by atoms with Gasteiger partial charge in [0.25, 0.3) is 0 Å². The van der Waals surface area contributed by atoms with E-state index in [4.69, 9.17) is 10.8 Å².